The molecule has 1 amide bonds. The highest BCUT2D eigenvalue weighted by molar-refractivity contribution is 6.74. The van der Waals surface area contributed by atoms with Gasteiger partial charge in [0.05, 0.1) is 18.8 Å². The Kier molecular flexibility index (Phi) is 7.09. The fourth-order valence-electron chi connectivity index (χ4n) is 2.55. The zero-order chi connectivity index (χ0) is 18.5. The number of carbonyl (C=O) groups excluding carboxylic acids is 1. The Morgan fingerprint density at radius 3 is 2.46 bits per heavy atom. The molecule has 3 atom stereocenters. The molecule has 24 heavy (non-hydrogen) atoms. The van der Waals surface area contributed by atoms with Gasteiger partial charge in [0.15, 0.2) is 8.32 Å². The average Bonchev–Trinajstić information content (AvgIpc) is 3.27. The van der Waals surface area contributed by atoms with Crippen molar-refractivity contribution >= 4 is 14.4 Å². The van der Waals surface area contributed by atoms with E-state index in [2.05, 4.69) is 49.2 Å². The topological polar surface area (TPSA) is 132 Å². The first-order chi connectivity index (χ1) is 11.0. The Labute approximate surface area is 144 Å². The summed E-state index contributed by atoms with van der Waals surface area (Å²) in [5.74, 6) is 0.264. The molecular weight excluding hydrogens is 328 g/mol. The smallest absolute Gasteiger partial charge is 0.214 e. The normalized spacial score (nSPS) is 19.1. The summed E-state index contributed by atoms with van der Waals surface area (Å²) in [6.45, 7) is 10.4. The molecule has 0 aliphatic heterocycles. The van der Waals surface area contributed by atoms with Gasteiger partial charge < -0.3 is 24.8 Å². The molecule has 0 spiro atoms. The van der Waals surface area contributed by atoms with Crippen molar-refractivity contribution in [2.45, 2.75) is 63.9 Å². The van der Waals surface area contributed by atoms with Crippen LogP contribution >= 0.6 is 0 Å². The summed E-state index contributed by atoms with van der Waals surface area (Å²) >= 11 is 0. The summed E-state index contributed by atoms with van der Waals surface area (Å²) < 4.78 is 6.48. The fraction of sp³-hybridized carbons (Fsp3) is 0.933. The number of carbonyl (C=O) groups is 1. The van der Waals surface area contributed by atoms with E-state index in [-0.39, 0.29) is 17.6 Å². The highest BCUT2D eigenvalue weighted by Gasteiger charge is 2.47. The summed E-state index contributed by atoms with van der Waals surface area (Å²) in [5.41, 5.74) is 6.90. The predicted molar refractivity (Wildman–Crippen MR) is 89.8 cm³/mol. The van der Waals surface area contributed by atoms with Crippen LogP contribution in [0.15, 0.2) is 5.11 Å². The van der Waals surface area contributed by atoms with E-state index in [0.29, 0.717) is 12.5 Å². The van der Waals surface area contributed by atoms with Crippen LogP contribution in [0.3, 0.4) is 0 Å². The standard InChI is InChI=1S/C15H30N4O4Si/c1-15(2,3)24(4,5)23-13(12(9-20)18-14(21)22)11(8-17-19-16)10-6-7-10/h10-13,16,18,20H,6-9H2,1-5H3/t11-,12-,13-/m1/s1. The molecule has 1 rings (SSSR count). The van der Waals surface area contributed by atoms with Crippen molar-refractivity contribution in [2.75, 3.05) is 13.2 Å². The lowest BCUT2D eigenvalue weighted by atomic mass is 9.92. The zero-order valence-corrected chi connectivity index (χ0v) is 16.2. The van der Waals surface area contributed by atoms with Crippen LogP contribution < -0.4 is 15.3 Å². The molecule has 0 saturated heterocycles. The van der Waals surface area contributed by atoms with Gasteiger partial charge in [-0.25, -0.2) is 0 Å². The van der Waals surface area contributed by atoms with E-state index in [4.69, 9.17) is 9.96 Å². The third-order valence-electron chi connectivity index (χ3n) is 5.15. The number of carboxylic acid groups (broad SMARTS) is 1. The van der Waals surface area contributed by atoms with Crippen molar-refractivity contribution in [2.24, 2.45) is 17.0 Å². The Morgan fingerprint density at radius 1 is 1.50 bits per heavy atom. The zero-order valence-electron chi connectivity index (χ0n) is 15.2. The second-order valence-electron chi connectivity index (χ2n) is 7.99. The van der Waals surface area contributed by atoms with E-state index in [1.165, 1.54) is 0 Å². The SMILES string of the molecule is CC(C)(C)[Si](C)(C)O[C@H]([C@H](CN=[N+]=N)C1CC1)[C@@H](CO)NC(=O)[O-]. The van der Waals surface area contributed by atoms with Gasteiger partial charge in [-0.3, -0.25) is 0 Å². The van der Waals surface area contributed by atoms with E-state index < -0.39 is 26.6 Å². The van der Waals surface area contributed by atoms with E-state index in [0.717, 1.165) is 12.8 Å². The average molecular weight is 359 g/mol. The molecule has 0 aromatic rings. The molecule has 0 aromatic heterocycles. The van der Waals surface area contributed by atoms with Crippen LogP contribution in [-0.4, -0.2) is 44.8 Å². The van der Waals surface area contributed by atoms with Crippen molar-refractivity contribution in [3.05, 3.63) is 0 Å². The van der Waals surface area contributed by atoms with Crippen molar-refractivity contribution in [1.29, 1.82) is 5.53 Å². The number of hydrogen-bond acceptors (Lipinski definition) is 6. The van der Waals surface area contributed by atoms with Crippen LogP contribution in [0.5, 0.6) is 0 Å². The lowest BCUT2D eigenvalue weighted by Crippen LogP contribution is -2.58. The van der Waals surface area contributed by atoms with Crippen molar-refractivity contribution < 1.29 is 19.4 Å². The number of hydrogen-bond donors (Lipinski definition) is 3. The Hall–Kier alpha value is -1.28. The Bertz CT molecular complexity index is 484. The van der Waals surface area contributed by atoms with Gasteiger partial charge in [0.2, 0.25) is 4.91 Å². The van der Waals surface area contributed by atoms with Crippen LogP contribution in [-0.2, 0) is 4.43 Å². The second kappa shape index (κ2) is 8.20. The first-order valence-corrected chi connectivity index (χ1v) is 11.2. The molecule has 0 aromatic carbocycles. The number of nitrogens with zero attached hydrogens (tertiary/aromatic N) is 2. The number of rotatable bonds is 9. The molecule has 1 aliphatic rings. The fourth-order valence-corrected chi connectivity index (χ4v) is 3.92. The van der Waals surface area contributed by atoms with Crippen molar-refractivity contribution in [1.82, 2.24) is 10.2 Å². The van der Waals surface area contributed by atoms with E-state index in [1.807, 2.05) is 0 Å². The monoisotopic (exact) mass is 358 g/mol. The van der Waals surface area contributed by atoms with Gasteiger partial charge in [-0.2, -0.15) is 0 Å². The molecule has 1 fully saturated rings. The van der Waals surface area contributed by atoms with Crippen LogP contribution in [0.1, 0.15) is 33.6 Å². The van der Waals surface area contributed by atoms with Crippen molar-refractivity contribution in [3.63, 3.8) is 0 Å². The minimum Gasteiger partial charge on any atom is -0.530 e. The molecule has 0 unspecified atom stereocenters. The van der Waals surface area contributed by atoms with Gasteiger partial charge in [-0.1, -0.05) is 20.8 Å². The third-order valence-corrected chi connectivity index (χ3v) is 9.62. The largest absolute Gasteiger partial charge is 0.530 e. The van der Waals surface area contributed by atoms with E-state index >= 15 is 0 Å². The molecule has 8 nitrogen and oxygen atoms in total. The maximum Gasteiger partial charge on any atom is 0.214 e. The molecule has 3 N–H and O–H groups in total. The van der Waals surface area contributed by atoms with Crippen LogP contribution in [0.2, 0.25) is 18.1 Å². The van der Waals surface area contributed by atoms with E-state index in [9.17, 15) is 15.0 Å². The molecule has 0 bridgehead atoms. The molecule has 1 aliphatic carbocycles. The molecule has 0 radical (unpaired) electrons. The first kappa shape index (κ1) is 20.8. The summed E-state index contributed by atoms with van der Waals surface area (Å²) in [7, 11) is -2.20. The van der Waals surface area contributed by atoms with Crippen LogP contribution in [0, 0.1) is 17.4 Å². The Balaban J connectivity index is 3.12. The predicted octanol–water partition coefficient (Wildman–Crippen LogP) is 1.25. The van der Waals surface area contributed by atoms with Crippen LogP contribution in [0.4, 0.5) is 4.79 Å². The van der Waals surface area contributed by atoms with Gasteiger partial charge in [-0.05, 0) is 36.9 Å². The van der Waals surface area contributed by atoms with E-state index in [1.54, 1.807) is 0 Å². The van der Waals surface area contributed by atoms with Gasteiger partial charge in [-0.15, -0.1) is 0 Å². The molecule has 1 saturated carbocycles. The minimum absolute atomic E-state index is 0.0578. The molecule has 9 heteroatoms. The van der Waals surface area contributed by atoms with Gasteiger partial charge in [0, 0.05) is 5.92 Å². The molecule has 0 heterocycles. The summed E-state index contributed by atoms with van der Waals surface area (Å²) in [6, 6.07) is -0.782. The quantitative estimate of drug-likeness (QED) is 0.325. The van der Waals surface area contributed by atoms with Crippen molar-refractivity contribution in [3.8, 4) is 0 Å². The first-order valence-electron chi connectivity index (χ1n) is 8.33. The number of nitrogens with one attached hydrogen (secondary N) is 2. The van der Waals surface area contributed by atoms with Crippen LogP contribution in [0.25, 0.3) is 0 Å². The summed E-state index contributed by atoms with van der Waals surface area (Å²) in [5, 5.41) is 26.7. The second-order valence-corrected chi connectivity index (χ2v) is 12.7. The van der Waals surface area contributed by atoms with Gasteiger partial charge in [0.25, 0.3) is 0 Å². The minimum atomic E-state index is -2.20. The lowest BCUT2D eigenvalue weighted by molar-refractivity contribution is -0.252. The van der Waals surface area contributed by atoms with Gasteiger partial charge >= 0.3 is 0 Å². The molecular formula is C15H30N4O4Si. The maximum atomic E-state index is 11.0. The molecule has 138 valence electrons. The summed E-state index contributed by atoms with van der Waals surface area (Å²) in [4.78, 5) is 14.1. The number of amides is 1. The third kappa shape index (κ3) is 5.66. The Morgan fingerprint density at radius 2 is 2.08 bits per heavy atom. The highest BCUT2D eigenvalue weighted by atomic mass is 28.4. The number of aliphatic hydroxyl groups excluding tert-OH is 1. The summed E-state index contributed by atoms with van der Waals surface area (Å²) in [6.07, 6.45) is 0.0687. The van der Waals surface area contributed by atoms with Gasteiger partial charge in [0.1, 0.15) is 23.3 Å². The number of aliphatic hydroxyl groups is 1. The maximum absolute atomic E-state index is 11.0. The highest BCUT2D eigenvalue weighted by Crippen LogP contribution is 2.44. The lowest BCUT2D eigenvalue weighted by Gasteiger charge is -2.43.